The molecule has 1 unspecified atom stereocenters. The van der Waals surface area contributed by atoms with Gasteiger partial charge in [0.05, 0.1) is 0 Å². The molecule has 0 aliphatic carbocycles. The van der Waals surface area contributed by atoms with E-state index in [1.807, 2.05) is 23.0 Å². The number of rotatable bonds is 3. The number of imidazole rings is 1. The Labute approximate surface area is 121 Å². The molecule has 1 atom stereocenters. The van der Waals surface area contributed by atoms with Gasteiger partial charge in [0.15, 0.2) is 11.5 Å². The van der Waals surface area contributed by atoms with Crippen LogP contribution in [0.25, 0.3) is 5.65 Å². The SMILES string of the molecule is CN(CC1CCCN1C)c1nc(Br)cn2ccnc12. The number of hydrogen-bond acceptors (Lipinski definition) is 4. The molecule has 1 aliphatic heterocycles. The summed E-state index contributed by atoms with van der Waals surface area (Å²) in [6, 6.07) is 0.612. The Morgan fingerprint density at radius 3 is 3.11 bits per heavy atom. The van der Waals surface area contributed by atoms with E-state index < -0.39 is 0 Å². The average molecular weight is 324 g/mol. The zero-order valence-corrected chi connectivity index (χ0v) is 12.8. The highest BCUT2D eigenvalue weighted by atomic mass is 79.9. The van der Waals surface area contributed by atoms with E-state index >= 15 is 0 Å². The molecule has 0 N–H and O–H groups in total. The molecule has 3 rings (SSSR count). The summed E-state index contributed by atoms with van der Waals surface area (Å²) in [5.41, 5.74) is 0.909. The number of fused-ring (bicyclic) bond motifs is 1. The summed E-state index contributed by atoms with van der Waals surface area (Å²) >= 11 is 3.46. The van der Waals surface area contributed by atoms with Crippen LogP contribution in [0.2, 0.25) is 0 Å². The van der Waals surface area contributed by atoms with Crippen LogP contribution in [0.15, 0.2) is 23.2 Å². The lowest BCUT2D eigenvalue weighted by Crippen LogP contribution is -2.37. The predicted octanol–water partition coefficient (Wildman–Crippen LogP) is 2.02. The van der Waals surface area contributed by atoms with Gasteiger partial charge >= 0.3 is 0 Å². The topological polar surface area (TPSA) is 36.7 Å². The van der Waals surface area contributed by atoms with Crippen LogP contribution in [0.4, 0.5) is 5.82 Å². The summed E-state index contributed by atoms with van der Waals surface area (Å²) in [5, 5.41) is 0. The molecule has 1 saturated heterocycles. The van der Waals surface area contributed by atoms with Gasteiger partial charge in [-0.25, -0.2) is 9.97 Å². The largest absolute Gasteiger partial charge is 0.355 e. The van der Waals surface area contributed by atoms with Gasteiger partial charge < -0.3 is 14.2 Å². The smallest absolute Gasteiger partial charge is 0.180 e. The minimum absolute atomic E-state index is 0.612. The van der Waals surface area contributed by atoms with E-state index in [4.69, 9.17) is 0 Å². The van der Waals surface area contributed by atoms with E-state index in [2.05, 4.69) is 49.8 Å². The Hall–Kier alpha value is -1.14. The molecule has 0 spiro atoms. The van der Waals surface area contributed by atoms with E-state index in [-0.39, 0.29) is 0 Å². The van der Waals surface area contributed by atoms with Crippen LogP contribution in [0.5, 0.6) is 0 Å². The predicted molar refractivity (Wildman–Crippen MR) is 79.6 cm³/mol. The van der Waals surface area contributed by atoms with Gasteiger partial charge in [0, 0.05) is 38.2 Å². The maximum atomic E-state index is 4.58. The number of anilines is 1. The second kappa shape index (κ2) is 5.09. The molecular formula is C13H18BrN5. The van der Waals surface area contributed by atoms with E-state index in [1.165, 1.54) is 19.4 Å². The fourth-order valence-electron chi connectivity index (χ4n) is 2.75. The van der Waals surface area contributed by atoms with Crippen LogP contribution >= 0.6 is 15.9 Å². The second-order valence-electron chi connectivity index (χ2n) is 5.20. The summed E-state index contributed by atoms with van der Waals surface area (Å²) < 4.78 is 2.83. The number of aromatic nitrogens is 3. The Balaban J connectivity index is 1.88. The fourth-order valence-corrected chi connectivity index (χ4v) is 3.14. The first kappa shape index (κ1) is 12.9. The van der Waals surface area contributed by atoms with E-state index in [1.54, 1.807) is 0 Å². The van der Waals surface area contributed by atoms with Crippen molar-refractivity contribution in [2.45, 2.75) is 18.9 Å². The zero-order chi connectivity index (χ0) is 13.4. The molecule has 6 heteroatoms. The third-order valence-corrected chi connectivity index (χ3v) is 4.23. The molecule has 3 heterocycles. The number of likely N-dealkylation sites (N-methyl/N-ethyl adjacent to an activating group) is 2. The Morgan fingerprint density at radius 2 is 2.37 bits per heavy atom. The Kier molecular flexibility index (Phi) is 3.45. The first-order valence-corrected chi connectivity index (χ1v) is 7.35. The van der Waals surface area contributed by atoms with E-state index in [0.717, 1.165) is 22.6 Å². The Bertz CT molecular complexity index is 581. The lowest BCUT2D eigenvalue weighted by molar-refractivity contribution is 0.314. The summed E-state index contributed by atoms with van der Waals surface area (Å²) in [5.74, 6) is 0.930. The molecule has 102 valence electrons. The lowest BCUT2D eigenvalue weighted by atomic mass is 10.2. The normalized spacial score (nSPS) is 20.3. The first-order chi connectivity index (χ1) is 9.15. The van der Waals surface area contributed by atoms with Crippen molar-refractivity contribution >= 4 is 27.4 Å². The van der Waals surface area contributed by atoms with Gasteiger partial charge in [-0.2, -0.15) is 0 Å². The standard InChI is InChI=1S/C13H18BrN5/c1-17-6-3-4-10(17)8-18(2)13-12-15-5-7-19(12)9-11(14)16-13/h5,7,9-10H,3-4,6,8H2,1-2H3. The molecule has 1 fully saturated rings. The quantitative estimate of drug-likeness (QED) is 0.866. The van der Waals surface area contributed by atoms with Crippen LogP contribution in [-0.4, -0.2) is 52.5 Å². The molecule has 2 aromatic rings. The van der Waals surface area contributed by atoms with Crippen LogP contribution in [0.3, 0.4) is 0 Å². The van der Waals surface area contributed by atoms with Gasteiger partial charge in [0.1, 0.15) is 4.60 Å². The molecular weight excluding hydrogens is 306 g/mol. The lowest BCUT2D eigenvalue weighted by Gasteiger charge is -2.26. The first-order valence-electron chi connectivity index (χ1n) is 6.56. The van der Waals surface area contributed by atoms with Gasteiger partial charge in [-0.15, -0.1) is 0 Å². The van der Waals surface area contributed by atoms with Crippen molar-refractivity contribution in [3.63, 3.8) is 0 Å². The van der Waals surface area contributed by atoms with Gasteiger partial charge in [-0.1, -0.05) is 0 Å². The average Bonchev–Trinajstić information content (AvgIpc) is 2.98. The molecule has 0 aromatic carbocycles. The highest BCUT2D eigenvalue weighted by Crippen LogP contribution is 2.22. The van der Waals surface area contributed by atoms with Crippen molar-refractivity contribution in [2.75, 3.05) is 32.1 Å². The van der Waals surface area contributed by atoms with Crippen molar-refractivity contribution in [2.24, 2.45) is 0 Å². The van der Waals surface area contributed by atoms with Crippen LogP contribution < -0.4 is 4.90 Å². The third-order valence-electron chi connectivity index (χ3n) is 3.84. The molecule has 0 amide bonds. The summed E-state index contributed by atoms with van der Waals surface area (Å²) in [6.45, 7) is 2.19. The molecule has 0 bridgehead atoms. The van der Waals surface area contributed by atoms with Crippen molar-refractivity contribution in [3.05, 3.63) is 23.2 Å². The maximum absolute atomic E-state index is 4.58. The maximum Gasteiger partial charge on any atom is 0.180 e. The Morgan fingerprint density at radius 1 is 1.53 bits per heavy atom. The summed E-state index contributed by atoms with van der Waals surface area (Å²) in [6.07, 6.45) is 8.24. The molecule has 5 nitrogen and oxygen atoms in total. The van der Waals surface area contributed by atoms with Gasteiger partial charge in [0.2, 0.25) is 0 Å². The number of nitrogens with zero attached hydrogens (tertiary/aromatic N) is 5. The third kappa shape index (κ3) is 2.47. The van der Waals surface area contributed by atoms with Crippen LogP contribution in [0.1, 0.15) is 12.8 Å². The summed E-state index contributed by atoms with van der Waals surface area (Å²) in [7, 11) is 4.29. The molecule has 0 saturated carbocycles. The van der Waals surface area contributed by atoms with Crippen molar-refractivity contribution in [1.82, 2.24) is 19.3 Å². The minimum atomic E-state index is 0.612. The monoisotopic (exact) mass is 323 g/mol. The highest BCUT2D eigenvalue weighted by Gasteiger charge is 2.23. The number of halogens is 1. The van der Waals surface area contributed by atoms with Crippen molar-refractivity contribution < 1.29 is 0 Å². The molecule has 0 radical (unpaired) electrons. The van der Waals surface area contributed by atoms with Crippen molar-refractivity contribution in [3.8, 4) is 0 Å². The minimum Gasteiger partial charge on any atom is -0.355 e. The van der Waals surface area contributed by atoms with Gasteiger partial charge in [-0.3, -0.25) is 0 Å². The zero-order valence-electron chi connectivity index (χ0n) is 11.3. The number of likely N-dealkylation sites (tertiary alicyclic amines) is 1. The fraction of sp³-hybridized carbons (Fsp3) is 0.538. The van der Waals surface area contributed by atoms with E-state index in [9.17, 15) is 0 Å². The van der Waals surface area contributed by atoms with Crippen LogP contribution in [0, 0.1) is 0 Å². The number of hydrogen-bond donors (Lipinski definition) is 0. The molecule has 2 aromatic heterocycles. The van der Waals surface area contributed by atoms with Crippen LogP contribution in [-0.2, 0) is 0 Å². The molecule has 1 aliphatic rings. The summed E-state index contributed by atoms with van der Waals surface area (Å²) in [4.78, 5) is 13.6. The second-order valence-corrected chi connectivity index (χ2v) is 6.02. The van der Waals surface area contributed by atoms with E-state index in [0.29, 0.717) is 6.04 Å². The van der Waals surface area contributed by atoms with Gasteiger partial charge in [0.25, 0.3) is 0 Å². The molecule has 19 heavy (non-hydrogen) atoms. The van der Waals surface area contributed by atoms with Crippen molar-refractivity contribution in [1.29, 1.82) is 0 Å². The van der Waals surface area contributed by atoms with Gasteiger partial charge in [-0.05, 0) is 42.4 Å². The highest BCUT2D eigenvalue weighted by molar-refractivity contribution is 9.10.